The molecular weight excluding hydrogens is 196 g/mol. The van der Waals surface area contributed by atoms with Gasteiger partial charge >= 0.3 is 0 Å². The lowest BCUT2D eigenvalue weighted by Crippen LogP contribution is -2.13. The summed E-state index contributed by atoms with van der Waals surface area (Å²) in [6.07, 6.45) is 0.991. The molecule has 0 saturated carbocycles. The van der Waals surface area contributed by atoms with E-state index in [1.165, 1.54) is 16.7 Å². The van der Waals surface area contributed by atoms with Crippen LogP contribution in [0.4, 0.5) is 0 Å². The van der Waals surface area contributed by atoms with E-state index in [1.807, 2.05) is 0 Å². The molecule has 1 nitrogen and oxygen atoms in total. The maximum Gasteiger partial charge on any atom is 0.0499 e. The zero-order valence-electron chi connectivity index (χ0n) is 11.2. The molecule has 0 aliphatic rings. The van der Waals surface area contributed by atoms with Gasteiger partial charge < -0.3 is 5.11 Å². The van der Waals surface area contributed by atoms with Crippen LogP contribution < -0.4 is 0 Å². The van der Waals surface area contributed by atoms with Crippen LogP contribution in [-0.4, -0.2) is 11.7 Å². The molecule has 0 saturated heterocycles. The fourth-order valence-electron chi connectivity index (χ4n) is 1.99. The Morgan fingerprint density at radius 3 is 2.31 bits per heavy atom. The predicted molar refractivity (Wildman–Crippen MR) is 70.0 cm³/mol. The smallest absolute Gasteiger partial charge is 0.0499 e. The van der Waals surface area contributed by atoms with Crippen molar-refractivity contribution < 1.29 is 5.11 Å². The van der Waals surface area contributed by atoms with Gasteiger partial charge in [0.2, 0.25) is 0 Å². The van der Waals surface area contributed by atoms with Crippen molar-refractivity contribution in [2.45, 2.75) is 52.4 Å². The Morgan fingerprint density at radius 1 is 1.25 bits per heavy atom. The molecule has 1 N–H and O–H groups in total. The lowest BCUT2D eigenvalue weighted by molar-refractivity contribution is 0.262. The van der Waals surface area contributed by atoms with Crippen LogP contribution in [0.15, 0.2) is 18.2 Å². The summed E-state index contributed by atoms with van der Waals surface area (Å²) in [5.74, 6) is 0.280. The molecule has 0 fully saturated rings. The molecule has 1 heteroatoms. The maximum absolute atomic E-state index is 9.40. The minimum atomic E-state index is 0.177. The molecule has 1 atom stereocenters. The fourth-order valence-corrected chi connectivity index (χ4v) is 1.99. The Balaban J connectivity index is 3.18. The second kappa shape index (κ2) is 5.01. The van der Waals surface area contributed by atoms with Crippen LogP contribution in [0, 0.1) is 6.92 Å². The molecule has 16 heavy (non-hydrogen) atoms. The summed E-state index contributed by atoms with van der Waals surface area (Å²) in [5, 5.41) is 9.40. The molecule has 0 aromatic heterocycles. The summed E-state index contributed by atoms with van der Waals surface area (Å²) in [4.78, 5) is 0. The molecule has 0 spiro atoms. The second-order valence-corrected chi connectivity index (χ2v) is 5.61. The summed E-state index contributed by atoms with van der Waals surface area (Å²) < 4.78 is 0. The molecule has 1 unspecified atom stereocenters. The van der Waals surface area contributed by atoms with E-state index in [0.717, 1.165) is 6.42 Å². The number of benzene rings is 1. The number of aryl methyl sites for hydroxylation is 1. The topological polar surface area (TPSA) is 20.2 Å². The molecule has 0 heterocycles. The van der Waals surface area contributed by atoms with Gasteiger partial charge in [-0.25, -0.2) is 0 Å². The van der Waals surface area contributed by atoms with E-state index in [4.69, 9.17) is 0 Å². The third-order valence-electron chi connectivity index (χ3n) is 3.30. The number of hydrogen-bond acceptors (Lipinski definition) is 1. The van der Waals surface area contributed by atoms with Crippen molar-refractivity contribution in [2.24, 2.45) is 0 Å². The summed E-state index contributed by atoms with van der Waals surface area (Å²) in [6.45, 7) is 11.2. The quantitative estimate of drug-likeness (QED) is 0.822. The van der Waals surface area contributed by atoms with Crippen LogP contribution in [-0.2, 0) is 5.41 Å². The monoisotopic (exact) mass is 220 g/mol. The average Bonchev–Trinajstić information content (AvgIpc) is 2.20. The number of aliphatic hydroxyl groups excluding tert-OH is 1. The third kappa shape index (κ3) is 2.85. The number of aliphatic hydroxyl groups is 1. The summed E-state index contributed by atoms with van der Waals surface area (Å²) in [6, 6.07) is 6.64. The van der Waals surface area contributed by atoms with Crippen molar-refractivity contribution in [3.05, 3.63) is 34.9 Å². The van der Waals surface area contributed by atoms with E-state index in [1.54, 1.807) is 0 Å². The molecule has 1 rings (SSSR count). The molecule has 0 aliphatic carbocycles. The molecule has 90 valence electrons. The van der Waals surface area contributed by atoms with E-state index >= 15 is 0 Å². The fraction of sp³-hybridized carbons (Fsp3) is 0.600. The minimum Gasteiger partial charge on any atom is -0.396 e. The second-order valence-electron chi connectivity index (χ2n) is 5.61. The molecular formula is C15H24O. The van der Waals surface area contributed by atoms with E-state index in [2.05, 4.69) is 52.8 Å². The standard InChI is InChI=1S/C15H24O/c1-6-12(10-16)14-9-13(15(3,4)5)8-7-11(14)2/h7-9,12,16H,6,10H2,1-5H3. The molecule has 0 radical (unpaired) electrons. The Bertz CT molecular complexity index is 343. The molecule has 1 aromatic carbocycles. The number of rotatable bonds is 3. The van der Waals surface area contributed by atoms with Crippen molar-refractivity contribution in [2.75, 3.05) is 6.61 Å². The van der Waals surface area contributed by atoms with Crippen molar-refractivity contribution in [3.8, 4) is 0 Å². The van der Waals surface area contributed by atoms with Gasteiger partial charge in [0.25, 0.3) is 0 Å². The Kier molecular flexibility index (Phi) is 4.15. The van der Waals surface area contributed by atoms with Gasteiger partial charge in [-0.2, -0.15) is 0 Å². The normalized spacial score (nSPS) is 13.9. The first-order valence-electron chi connectivity index (χ1n) is 6.12. The maximum atomic E-state index is 9.40. The van der Waals surface area contributed by atoms with Gasteiger partial charge in [-0.3, -0.25) is 0 Å². The zero-order valence-corrected chi connectivity index (χ0v) is 11.2. The Hall–Kier alpha value is -0.820. The SMILES string of the molecule is CCC(CO)c1cc(C(C)(C)C)ccc1C. The zero-order chi connectivity index (χ0) is 12.3. The van der Waals surface area contributed by atoms with Crippen LogP contribution in [0.3, 0.4) is 0 Å². The summed E-state index contributed by atoms with van der Waals surface area (Å²) >= 11 is 0. The summed E-state index contributed by atoms with van der Waals surface area (Å²) in [7, 11) is 0. The molecule has 1 aromatic rings. The van der Waals surface area contributed by atoms with Crippen molar-refractivity contribution in [1.29, 1.82) is 0 Å². The highest BCUT2D eigenvalue weighted by molar-refractivity contribution is 5.36. The van der Waals surface area contributed by atoms with Crippen LogP contribution in [0.5, 0.6) is 0 Å². The number of hydrogen-bond donors (Lipinski definition) is 1. The van der Waals surface area contributed by atoms with Crippen LogP contribution >= 0.6 is 0 Å². The molecule has 0 aliphatic heterocycles. The highest BCUT2D eigenvalue weighted by Crippen LogP contribution is 2.29. The lowest BCUT2D eigenvalue weighted by atomic mass is 9.82. The van der Waals surface area contributed by atoms with Crippen LogP contribution in [0.25, 0.3) is 0 Å². The molecule has 0 bridgehead atoms. The highest BCUT2D eigenvalue weighted by atomic mass is 16.3. The van der Waals surface area contributed by atoms with Gasteiger partial charge in [0.05, 0.1) is 0 Å². The first kappa shape index (κ1) is 13.2. The first-order chi connectivity index (χ1) is 7.40. The highest BCUT2D eigenvalue weighted by Gasteiger charge is 2.17. The van der Waals surface area contributed by atoms with E-state index in [-0.39, 0.29) is 17.9 Å². The summed E-state index contributed by atoms with van der Waals surface area (Å²) in [5.41, 5.74) is 4.11. The predicted octanol–water partition coefficient (Wildman–Crippen LogP) is 3.78. The van der Waals surface area contributed by atoms with Gasteiger partial charge in [-0.15, -0.1) is 0 Å². The van der Waals surface area contributed by atoms with Gasteiger partial charge in [-0.1, -0.05) is 45.9 Å². The van der Waals surface area contributed by atoms with E-state index < -0.39 is 0 Å². The minimum absolute atomic E-state index is 0.177. The average molecular weight is 220 g/mol. The van der Waals surface area contributed by atoms with Crippen LogP contribution in [0.1, 0.15) is 56.7 Å². The van der Waals surface area contributed by atoms with E-state index in [0.29, 0.717) is 0 Å². The van der Waals surface area contributed by atoms with Gasteiger partial charge in [0, 0.05) is 12.5 Å². The van der Waals surface area contributed by atoms with Crippen LogP contribution in [0.2, 0.25) is 0 Å². The third-order valence-corrected chi connectivity index (χ3v) is 3.30. The largest absolute Gasteiger partial charge is 0.396 e. The van der Waals surface area contributed by atoms with Crippen molar-refractivity contribution in [3.63, 3.8) is 0 Å². The molecule has 0 amide bonds. The first-order valence-corrected chi connectivity index (χ1v) is 6.12. The van der Waals surface area contributed by atoms with Crippen molar-refractivity contribution >= 4 is 0 Å². The lowest BCUT2D eigenvalue weighted by Gasteiger charge is -2.23. The van der Waals surface area contributed by atoms with Gasteiger partial charge in [-0.05, 0) is 35.4 Å². The Morgan fingerprint density at radius 2 is 1.88 bits per heavy atom. The van der Waals surface area contributed by atoms with Gasteiger partial charge in [0.1, 0.15) is 0 Å². The Labute approximate surface area is 99.5 Å². The van der Waals surface area contributed by atoms with Gasteiger partial charge in [0.15, 0.2) is 0 Å². The van der Waals surface area contributed by atoms with E-state index in [9.17, 15) is 5.11 Å². The van der Waals surface area contributed by atoms with Crippen molar-refractivity contribution in [1.82, 2.24) is 0 Å².